The Bertz CT molecular complexity index is 1130. The van der Waals surface area contributed by atoms with Crippen molar-refractivity contribution < 1.29 is 4.79 Å². The molecule has 0 spiro atoms. The minimum Gasteiger partial charge on any atom is -0.346 e. The van der Waals surface area contributed by atoms with Gasteiger partial charge in [0.2, 0.25) is 0 Å². The van der Waals surface area contributed by atoms with Crippen molar-refractivity contribution in [2.45, 2.75) is 26.8 Å². The van der Waals surface area contributed by atoms with E-state index in [4.69, 9.17) is 12.2 Å². The monoisotopic (exact) mass is 367 g/mol. The molecular formula is C20H21N3O2S. The summed E-state index contributed by atoms with van der Waals surface area (Å²) in [6.45, 7) is 6.02. The lowest BCUT2D eigenvalue weighted by Crippen LogP contribution is -2.27. The van der Waals surface area contributed by atoms with Crippen LogP contribution in [0.15, 0.2) is 41.2 Å². The maximum absolute atomic E-state index is 12.7. The van der Waals surface area contributed by atoms with Crippen LogP contribution in [0.4, 0.5) is 0 Å². The lowest BCUT2D eigenvalue weighted by Gasteiger charge is -2.17. The summed E-state index contributed by atoms with van der Waals surface area (Å²) in [5.41, 5.74) is 4.24. The summed E-state index contributed by atoms with van der Waals surface area (Å²) < 4.78 is 1.70. The third kappa shape index (κ3) is 3.32. The number of nitrogens with one attached hydrogen (secondary N) is 2. The Morgan fingerprint density at radius 1 is 1.19 bits per heavy atom. The topological polar surface area (TPSA) is 66.9 Å². The molecule has 1 aromatic heterocycles. The first-order valence-electron chi connectivity index (χ1n) is 8.39. The molecule has 6 heteroatoms. The summed E-state index contributed by atoms with van der Waals surface area (Å²) in [6.07, 6.45) is 0. The van der Waals surface area contributed by atoms with Gasteiger partial charge in [-0.1, -0.05) is 23.8 Å². The number of rotatable bonds is 3. The Labute approximate surface area is 156 Å². The fraction of sp³-hybridized carbons (Fsp3) is 0.250. The van der Waals surface area contributed by atoms with Crippen LogP contribution in [0, 0.1) is 18.6 Å². The van der Waals surface area contributed by atoms with Gasteiger partial charge in [-0.2, -0.15) is 0 Å². The van der Waals surface area contributed by atoms with Crippen LogP contribution < -0.4 is 10.9 Å². The average Bonchev–Trinajstić information content (AvgIpc) is 2.61. The molecule has 134 valence electrons. The first kappa shape index (κ1) is 18.1. The Balaban J connectivity index is 1.93. The molecule has 26 heavy (non-hydrogen) atoms. The summed E-state index contributed by atoms with van der Waals surface area (Å²) in [7, 11) is 1.62. The van der Waals surface area contributed by atoms with Crippen molar-refractivity contribution in [2.24, 2.45) is 7.05 Å². The fourth-order valence-corrected chi connectivity index (χ4v) is 3.22. The quantitative estimate of drug-likeness (QED) is 0.694. The molecule has 3 aromatic rings. The van der Waals surface area contributed by atoms with E-state index in [1.807, 2.05) is 20.8 Å². The molecule has 5 nitrogen and oxygen atoms in total. The molecule has 1 amide bonds. The molecule has 0 bridgehead atoms. The number of benzene rings is 2. The van der Waals surface area contributed by atoms with Gasteiger partial charge in [-0.05, 0) is 62.3 Å². The zero-order valence-corrected chi connectivity index (χ0v) is 16.0. The number of hydrogen-bond donors (Lipinski definition) is 2. The molecule has 0 saturated carbocycles. The number of aryl methyl sites for hydroxylation is 2. The second kappa shape index (κ2) is 6.88. The van der Waals surface area contributed by atoms with Crippen molar-refractivity contribution in [3.8, 4) is 0 Å². The van der Waals surface area contributed by atoms with E-state index in [0.717, 1.165) is 16.7 Å². The van der Waals surface area contributed by atoms with Gasteiger partial charge in [0.25, 0.3) is 11.5 Å². The largest absolute Gasteiger partial charge is 0.346 e. The number of carbonyl (C=O) groups excluding carboxylic acids is 1. The van der Waals surface area contributed by atoms with E-state index >= 15 is 0 Å². The average molecular weight is 367 g/mol. The molecule has 0 fully saturated rings. The Hall–Kier alpha value is -2.73. The number of aromatic nitrogens is 2. The highest BCUT2D eigenvalue weighted by Crippen LogP contribution is 2.20. The highest BCUT2D eigenvalue weighted by Gasteiger charge is 2.14. The summed E-state index contributed by atoms with van der Waals surface area (Å²) in [5, 5.41) is 3.52. The van der Waals surface area contributed by atoms with Gasteiger partial charge in [-0.15, -0.1) is 0 Å². The SMILES string of the molecule is Cc1ccc(C)c([C@H](C)NC(=O)c2ccc3c(=O)n(C)c(=S)[nH]c3c2)c1. The maximum atomic E-state index is 12.7. The van der Waals surface area contributed by atoms with Crippen LogP contribution in [-0.4, -0.2) is 15.5 Å². The molecule has 3 rings (SSSR count). The van der Waals surface area contributed by atoms with Gasteiger partial charge < -0.3 is 10.3 Å². The molecule has 0 aliphatic rings. The molecule has 0 radical (unpaired) electrons. The van der Waals surface area contributed by atoms with E-state index in [0.29, 0.717) is 21.2 Å². The number of fused-ring (bicyclic) bond motifs is 1. The molecule has 2 N–H and O–H groups in total. The summed E-state index contributed by atoms with van der Waals surface area (Å²) in [4.78, 5) is 27.9. The van der Waals surface area contributed by atoms with Gasteiger partial charge in [-0.3, -0.25) is 14.2 Å². The Morgan fingerprint density at radius 3 is 2.65 bits per heavy atom. The van der Waals surface area contributed by atoms with Crippen LogP contribution in [0.5, 0.6) is 0 Å². The van der Waals surface area contributed by atoms with Crippen molar-refractivity contribution in [3.63, 3.8) is 0 Å². The van der Waals surface area contributed by atoms with E-state index < -0.39 is 0 Å². The maximum Gasteiger partial charge on any atom is 0.261 e. The summed E-state index contributed by atoms with van der Waals surface area (Å²) in [6, 6.07) is 11.0. The molecule has 1 heterocycles. The first-order chi connectivity index (χ1) is 12.3. The molecule has 2 aromatic carbocycles. The van der Waals surface area contributed by atoms with E-state index in [9.17, 15) is 9.59 Å². The van der Waals surface area contributed by atoms with Crippen LogP contribution in [-0.2, 0) is 7.05 Å². The van der Waals surface area contributed by atoms with Crippen molar-refractivity contribution >= 4 is 29.0 Å². The standard InChI is InChI=1S/C20H21N3O2S/c1-11-5-6-12(2)16(9-11)13(3)21-18(24)14-7-8-15-17(10-14)22-20(26)23(4)19(15)25/h5-10,13H,1-4H3,(H,21,24)(H,22,26)/t13-/m0/s1. The zero-order chi connectivity index (χ0) is 19.0. The number of amides is 1. The minimum atomic E-state index is -0.194. The van der Waals surface area contributed by atoms with E-state index in [1.54, 1.807) is 25.2 Å². The zero-order valence-electron chi connectivity index (χ0n) is 15.2. The van der Waals surface area contributed by atoms with Crippen LogP contribution >= 0.6 is 12.2 Å². The molecule has 1 atom stereocenters. The minimum absolute atomic E-state index is 0.125. The lowest BCUT2D eigenvalue weighted by molar-refractivity contribution is 0.0940. The van der Waals surface area contributed by atoms with Gasteiger partial charge >= 0.3 is 0 Å². The third-order valence-electron chi connectivity index (χ3n) is 4.61. The molecule has 0 saturated heterocycles. The van der Waals surface area contributed by atoms with Crippen molar-refractivity contribution in [3.05, 3.63) is 73.8 Å². The first-order valence-corrected chi connectivity index (χ1v) is 8.80. The smallest absolute Gasteiger partial charge is 0.261 e. The van der Waals surface area contributed by atoms with Crippen molar-refractivity contribution in [1.29, 1.82) is 0 Å². The molecule has 0 aliphatic heterocycles. The van der Waals surface area contributed by atoms with Gasteiger partial charge in [0, 0.05) is 12.6 Å². The number of H-pyrrole nitrogens is 1. The van der Waals surface area contributed by atoms with Crippen LogP contribution in [0.3, 0.4) is 0 Å². The van der Waals surface area contributed by atoms with Gasteiger partial charge in [0.05, 0.1) is 16.9 Å². The van der Waals surface area contributed by atoms with Crippen LogP contribution in [0.2, 0.25) is 0 Å². The second-order valence-electron chi connectivity index (χ2n) is 6.61. The van der Waals surface area contributed by atoms with Crippen LogP contribution in [0.1, 0.15) is 40.0 Å². The van der Waals surface area contributed by atoms with E-state index in [2.05, 4.69) is 28.5 Å². The summed E-state index contributed by atoms with van der Waals surface area (Å²) >= 11 is 5.14. The second-order valence-corrected chi connectivity index (χ2v) is 7.00. The number of nitrogens with zero attached hydrogens (tertiary/aromatic N) is 1. The highest BCUT2D eigenvalue weighted by molar-refractivity contribution is 7.71. The predicted molar refractivity (Wildman–Crippen MR) is 106 cm³/mol. The highest BCUT2D eigenvalue weighted by atomic mass is 32.1. The van der Waals surface area contributed by atoms with E-state index in [-0.39, 0.29) is 17.5 Å². The van der Waals surface area contributed by atoms with Crippen molar-refractivity contribution in [2.75, 3.05) is 0 Å². The number of aromatic amines is 1. The molecule has 0 aliphatic carbocycles. The van der Waals surface area contributed by atoms with Gasteiger partial charge in [0.1, 0.15) is 0 Å². The summed E-state index contributed by atoms with van der Waals surface area (Å²) in [5.74, 6) is -0.194. The predicted octanol–water partition coefficient (Wildman–Crippen LogP) is 3.70. The van der Waals surface area contributed by atoms with Crippen molar-refractivity contribution in [1.82, 2.24) is 14.9 Å². The van der Waals surface area contributed by atoms with Gasteiger partial charge in [0.15, 0.2) is 4.77 Å². The van der Waals surface area contributed by atoms with E-state index in [1.165, 1.54) is 4.57 Å². The molecular weight excluding hydrogens is 346 g/mol. The number of hydrogen-bond acceptors (Lipinski definition) is 3. The Kier molecular flexibility index (Phi) is 4.78. The Morgan fingerprint density at radius 2 is 1.92 bits per heavy atom. The normalized spacial score (nSPS) is 12.2. The lowest BCUT2D eigenvalue weighted by atomic mass is 9.99. The third-order valence-corrected chi connectivity index (χ3v) is 4.99. The molecule has 0 unspecified atom stereocenters. The number of carbonyl (C=O) groups is 1. The fourth-order valence-electron chi connectivity index (χ4n) is 3.03. The van der Waals surface area contributed by atoms with Crippen LogP contribution in [0.25, 0.3) is 10.9 Å². The van der Waals surface area contributed by atoms with Gasteiger partial charge in [-0.25, -0.2) is 0 Å².